The number of benzene rings is 1. The van der Waals surface area contributed by atoms with E-state index < -0.39 is 11.0 Å². The van der Waals surface area contributed by atoms with Crippen LogP contribution in [0.15, 0.2) is 30.3 Å². The molecule has 1 aromatic carbocycles. The van der Waals surface area contributed by atoms with Crippen LogP contribution in [-0.4, -0.2) is 40.0 Å². The topological polar surface area (TPSA) is 83.7 Å². The maximum atomic E-state index is 11.8. The summed E-state index contributed by atoms with van der Waals surface area (Å²) in [4.78, 5) is 23.5. The number of β-amino-alcohol motifs (C(OH)–C–C–N with tert-alkyl or cyclic N) is 1. The molecule has 0 saturated carbocycles. The van der Waals surface area contributed by atoms with Gasteiger partial charge in [0.05, 0.1) is 11.0 Å². The summed E-state index contributed by atoms with van der Waals surface area (Å²) >= 11 is 0. The van der Waals surface area contributed by atoms with Crippen LogP contribution < -0.4 is 0 Å². The Hall–Kier alpha value is -2.21. The minimum Gasteiger partial charge on any atom is -0.391 e. The summed E-state index contributed by atoms with van der Waals surface area (Å²) in [6.45, 7) is 0.886. The molecule has 0 radical (unpaired) electrons. The van der Waals surface area contributed by atoms with Crippen molar-refractivity contribution in [2.45, 2.75) is 12.5 Å². The molecule has 1 aliphatic rings. The summed E-state index contributed by atoms with van der Waals surface area (Å²) in [5, 5.41) is 20.0. The van der Waals surface area contributed by atoms with Crippen molar-refractivity contribution in [1.82, 2.24) is 4.90 Å². The van der Waals surface area contributed by atoms with E-state index in [1.807, 2.05) is 0 Å². The van der Waals surface area contributed by atoms with Gasteiger partial charge in [0.25, 0.3) is 5.69 Å². The standard InChI is InChI=1S/C13H14N2O4/c16-12-6-7-14(9-12)13(17)5-4-10-2-1-3-11(8-10)15(18)19/h1-5,8,12,16H,6-7,9H2/t12-/m0/s1. The molecule has 1 heterocycles. The predicted octanol–water partition coefficient (Wildman–Crippen LogP) is 1.20. The van der Waals surface area contributed by atoms with Crippen molar-refractivity contribution in [3.05, 3.63) is 46.0 Å². The highest BCUT2D eigenvalue weighted by Gasteiger charge is 2.22. The molecule has 1 aliphatic heterocycles. The number of hydrogen-bond acceptors (Lipinski definition) is 4. The number of carbonyl (C=O) groups is 1. The van der Waals surface area contributed by atoms with Crippen LogP contribution in [0.5, 0.6) is 0 Å². The lowest BCUT2D eigenvalue weighted by molar-refractivity contribution is -0.384. The molecule has 1 saturated heterocycles. The molecule has 6 nitrogen and oxygen atoms in total. The van der Waals surface area contributed by atoms with Gasteiger partial charge in [-0.2, -0.15) is 0 Å². The SMILES string of the molecule is O=C(C=Cc1cccc([N+](=O)[O-])c1)N1CC[C@H](O)C1. The molecule has 0 bridgehead atoms. The van der Waals surface area contributed by atoms with E-state index in [2.05, 4.69) is 0 Å². The van der Waals surface area contributed by atoms with Gasteiger partial charge < -0.3 is 10.0 Å². The van der Waals surface area contributed by atoms with Crippen LogP contribution in [0.2, 0.25) is 0 Å². The fourth-order valence-electron chi connectivity index (χ4n) is 1.96. The third kappa shape index (κ3) is 3.38. The van der Waals surface area contributed by atoms with Crippen LogP contribution in [0.1, 0.15) is 12.0 Å². The highest BCUT2D eigenvalue weighted by molar-refractivity contribution is 5.92. The van der Waals surface area contributed by atoms with Crippen molar-refractivity contribution in [2.24, 2.45) is 0 Å². The van der Waals surface area contributed by atoms with Crippen LogP contribution >= 0.6 is 0 Å². The van der Waals surface area contributed by atoms with Gasteiger partial charge in [-0.25, -0.2) is 0 Å². The second-order valence-corrected chi connectivity index (χ2v) is 4.41. The van der Waals surface area contributed by atoms with E-state index in [1.54, 1.807) is 23.1 Å². The van der Waals surface area contributed by atoms with Crippen molar-refractivity contribution in [3.63, 3.8) is 0 Å². The Morgan fingerprint density at radius 1 is 1.53 bits per heavy atom. The zero-order valence-corrected chi connectivity index (χ0v) is 10.2. The first-order chi connectivity index (χ1) is 9.06. The van der Waals surface area contributed by atoms with Crippen molar-refractivity contribution in [1.29, 1.82) is 0 Å². The fourth-order valence-corrected chi connectivity index (χ4v) is 1.96. The molecule has 6 heteroatoms. The largest absolute Gasteiger partial charge is 0.391 e. The summed E-state index contributed by atoms with van der Waals surface area (Å²) in [6, 6.07) is 6.07. The summed E-state index contributed by atoms with van der Waals surface area (Å²) in [6.07, 6.45) is 3.06. The third-order valence-corrected chi connectivity index (χ3v) is 2.97. The maximum absolute atomic E-state index is 11.8. The second kappa shape index (κ2) is 5.62. The number of nitro groups is 1. The number of likely N-dealkylation sites (tertiary alicyclic amines) is 1. The van der Waals surface area contributed by atoms with Gasteiger partial charge in [0.1, 0.15) is 0 Å². The Morgan fingerprint density at radius 3 is 2.95 bits per heavy atom. The average molecular weight is 262 g/mol. The van der Waals surface area contributed by atoms with Crippen LogP contribution in [0.3, 0.4) is 0 Å². The van der Waals surface area contributed by atoms with Crippen molar-refractivity contribution in [2.75, 3.05) is 13.1 Å². The van der Waals surface area contributed by atoms with Gasteiger partial charge in [-0.3, -0.25) is 14.9 Å². The van der Waals surface area contributed by atoms with E-state index in [4.69, 9.17) is 0 Å². The summed E-state index contributed by atoms with van der Waals surface area (Å²) in [5.41, 5.74) is 0.591. The number of aliphatic hydroxyl groups excluding tert-OH is 1. The molecule has 1 aromatic rings. The normalized spacial score (nSPS) is 19.0. The highest BCUT2D eigenvalue weighted by Crippen LogP contribution is 2.15. The molecule has 1 N–H and O–H groups in total. The molecule has 100 valence electrons. The molecule has 0 unspecified atom stereocenters. The van der Waals surface area contributed by atoms with E-state index in [1.165, 1.54) is 18.2 Å². The smallest absolute Gasteiger partial charge is 0.270 e. The Morgan fingerprint density at radius 2 is 2.32 bits per heavy atom. The first-order valence-corrected chi connectivity index (χ1v) is 5.96. The van der Waals surface area contributed by atoms with E-state index >= 15 is 0 Å². The molecule has 0 aliphatic carbocycles. The van der Waals surface area contributed by atoms with Crippen LogP contribution in [-0.2, 0) is 4.79 Å². The second-order valence-electron chi connectivity index (χ2n) is 4.41. The number of nitrogens with zero attached hydrogens (tertiary/aromatic N) is 2. The zero-order chi connectivity index (χ0) is 13.8. The number of carbonyl (C=O) groups excluding carboxylic acids is 1. The number of hydrogen-bond donors (Lipinski definition) is 1. The van der Waals surface area contributed by atoms with Gasteiger partial charge in [0.2, 0.25) is 5.91 Å². The predicted molar refractivity (Wildman–Crippen MR) is 69.3 cm³/mol. The molecular weight excluding hydrogens is 248 g/mol. The van der Waals surface area contributed by atoms with Crippen molar-refractivity contribution < 1.29 is 14.8 Å². The molecule has 1 fully saturated rings. The number of aliphatic hydroxyl groups is 1. The van der Waals surface area contributed by atoms with E-state index in [9.17, 15) is 20.0 Å². The Bertz CT molecular complexity index is 527. The van der Waals surface area contributed by atoms with Crippen molar-refractivity contribution in [3.8, 4) is 0 Å². The molecular formula is C13H14N2O4. The van der Waals surface area contributed by atoms with Crippen LogP contribution in [0, 0.1) is 10.1 Å². The lowest BCUT2D eigenvalue weighted by Gasteiger charge is -2.12. The Balaban J connectivity index is 2.04. The molecule has 1 atom stereocenters. The number of non-ortho nitro benzene ring substituents is 1. The minimum atomic E-state index is -0.476. The molecule has 19 heavy (non-hydrogen) atoms. The lowest BCUT2D eigenvalue weighted by Crippen LogP contribution is -2.27. The first kappa shape index (κ1) is 13.2. The number of nitro benzene ring substituents is 1. The Kier molecular flexibility index (Phi) is 3.91. The highest BCUT2D eigenvalue weighted by atomic mass is 16.6. The van der Waals surface area contributed by atoms with Gasteiger partial charge in [0.15, 0.2) is 0 Å². The average Bonchev–Trinajstić information content (AvgIpc) is 2.83. The third-order valence-electron chi connectivity index (χ3n) is 2.97. The van der Waals surface area contributed by atoms with E-state index in [0.29, 0.717) is 25.1 Å². The number of amides is 1. The number of rotatable bonds is 3. The molecule has 2 rings (SSSR count). The van der Waals surface area contributed by atoms with E-state index in [0.717, 1.165) is 0 Å². The Labute approximate surface area is 110 Å². The quantitative estimate of drug-likeness (QED) is 0.504. The maximum Gasteiger partial charge on any atom is 0.270 e. The molecule has 1 amide bonds. The first-order valence-electron chi connectivity index (χ1n) is 5.96. The van der Waals surface area contributed by atoms with Gasteiger partial charge in [-0.15, -0.1) is 0 Å². The van der Waals surface area contributed by atoms with Crippen LogP contribution in [0.4, 0.5) is 5.69 Å². The fraction of sp³-hybridized carbons (Fsp3) is 0.308. The molecule has 0 spiro atoms. The minimum absolute atomic E-state index is 0.00815. The van der Waals surface area contributed by atoms with E-state index in [-0.39, 0.29) is 11.6 Å². The zero-order valence-electron chi connectivity index (χ0n) is 10.2. The van der Waals surface area contributed by atoms with Gasteiger partial charge >= 0.3 is 0 Å². The van der Waals surface area contributed by atoms with Gasteiger partial charge in [-0.1, -0.05) is 12.1 Å². The van der Waals surface area contributed by atoms with Crippen LogP contribution in [0.25, 0.3) is 6.08 Å². The van der Waals surface area contributed by atoms with Gasteiger partial charge in [-0.05, 0) is 18.1 Å². The lowest BCUT2D eigenvalue weighted by atomic mass is 10.2. The monoisotopic (exact) mass is 262 g/mol. The summed E-state index contributed by atoms with van der Waals surface area (Å²) < 4.78 is 0. The summed E-state index contributed by atoms with van der Waals surface area (Å²) in [7, 11) is 0. The molecule has 0 aromatic heterocycles. The van der Waals surface area contributed by atoms with Gasteiger partial charge in [0, 0.05) is 31.3 Å². The summed E-state index contributed by atoms with van der Waals surface area (Å²) in [5.74, 6) is -0.192. The van der Waals surface area contributed by atoms with Crippen molar-refractivity contribution >= 4 is 17.7 Å².